The lowest BCUT2D eigenvalue weighted by atomic mass is 10.1. The fourth-order valence-electron chi connectivity index (χ4n) is 2.78. The van der Waals surface area contributed by atoms with E-state index in [0.29, 0.717) is 18.0 Å². The first kappa shape index (κ1) is 16.9. The van der Waals surface area contributed by atoms with Crippen molar-refractivity contribution >= 4 is 34.0 Å². The van der Waals surface area contributed by atoms with Gasteiger partial charge in [0.25, 0.3) is 0 Å². The second-order valence-corrected chi connectivity index (χ2v) is 7.25. The van der Waals surface area contributed by atoms with Crippen LogP contribution in [0.5, 0.6) is 5.88 Å². The van der Waals surface area contributed by atoms with Crippen LogP contribution in [0.3, 0.4) is 0 Å². The highest BCUT2D eigenvalue weighted by molar-refractivity contribution is 7.12. The quantitative estimate of drug-likeness (QED) is 0.550. The number of hydrogen-bond acceptors (Lipinski definition) is 5. The number of H-pyrrole nitrogens is 1. The SMILES string of the molecule is COc1ncc(Cc2nc(Cl)c(Cc3c[nH]c4ncccc34)s2)cc1F. The monoisotopic (exact) mass is 388 g/mol. The third-order valence-electron chi connectivity index (χ3n) is 3.99. The van der Waals surface area contributed by atoms with Crippen LogP contribution in [0.25, 0.3) is 11.0 Å². The van der Waals surface area contributed by atoms with Crippen LogP contribution in [0.2, 0.25) is 5.15 Å². The summed E-state index contributed by atoms with van der Waals surface area (Å²) in [4.78, 5) is 16.8. The summed E-state index contributed by atoms with van der Waals surface area (Å²) in [7, 11) is 1.39. The van der Waals surface area contributed by atoms with Crippen LogP contribution < -0.4 is 4.74 Å². The van der Waals surface area contributed by atoms with E-state index in [4.69, 9.17) is 16.3 Å². The Morgan fingerprint density at radius 2 is 2.19 bits per heavy atom. The summed E-state index contributed by atoms with van der Waals surface area (Å²) in [6.45, 7) is 0. The molecule has 0 atom stereocenters. The van der Waals surface area contributed by atoms with Crippen molar-refractivity contribution in [3.05, 3.63) is 68.8 Å². The number of rotatable bonds is 5. The van der Waals surface area contributed by atoms with Crippen LogP contribution in [-0.4, -0.2) is 27.0 Å². The molecule has 0 aliphatic carbocycles. The van der Waals surface area contributed by atoms with E-state index >= 15 is 0 Å². The lowest BCUT2D eigenvalue weighted by Gasteiger charge is -2.02. The van der Waals surface area contributed by atoms with Crippen molar-refractivity contribution in [1.82, 2.24) is 19.9 Å². The molecule has 0 fully saturated rings. The zero-order valence-electron chi connectivity index (χ0n) is 13.8. The minimum absolute atomic E-state index is 0.0143. The fraction of sp³-hybridized carbons (Fsp3) is 0.167. The van der Waals surface area contributed by atoms with E-state index < -0.39 is 5.82 Å². The van der Waals surface area contributed by atoms with Crippen molar-refractivity contribution in [2.24, 2.45) is 0 Å². The smallest absolute Gasteiger partial charge is 0.250 e. The summed E-state index contributed by atoms with van der Waals surface area (Å²) in [5.41, 5.74) is 2.68. The Kier molecular flexibility index (Phi) is 4.57. The molecule has 26 heavy (non-hydrogen) atoms. The van der Waals surface area contributed by atoms with Gasteiger partial charge in [-0.05, 0) is 29.3 Å². The van der Waals surface area contributed by atoms with Gasteiger partial charge >= 0.3 is 0 Å². The highest BCUT2D eigenvalue weighted by Crippen LogP contribution is 2.29. The van der Waals surface area contributed by atoms with Gasteiger partial charge in [0.05, 0.1) is 12.1 Å². The van der Waals surface area contributed by atoms with Gasteiger partial charge in [-0.3, -0.25) is 0 Å². The van der Waals surface area contributed by atoms with E-state index in [0.717, 1.165) is 32.0 Å². The predicted molar refractivity (Wildman–Crippen MR) is 99.6 cm³/mol. The highest BCUT2D eigenvalue weighted by atomic mass is 35.5. The maximum absolute atomic E-state index is 13.8. The Labute approximate surface area is 157 Å². The zero-order chi connectivity index (χ0) is 18.1. The molecule has 0 aliphatic rings. The first-order valence-corrected chi connectivity index (χ1v) is 9.07. The number of thiazole rings is 1. The number of aromatic nitrogens is 4. The molecule has 0 aromatic carbocycles. The van der Waals surface area contributed by atoms with Gasteiger partial charge in [0.15, 0.2) is 5.82 Å². The third kappa shape index (κ3) is 3.27. The van der Waals surface area contributed by atoms with Gasteiger partial charge < -0.3 is 9.72 Å². The molecular formula is C18H14ClFN4OS. The van der Waals surface area contributed by atoms with Gasteiger partial charge in [0.2, 0.25) is 5.88 Å². The fourth-order valence-corrected chi connectivity index (χ4v) is 4.13. The van der Waals surface area contributed by atoms with E-state index in [1.165, 1.54) is 24.5 Å². The largest absolute Gasteiger partial charge is 0.479 e. The van der Waals surface area contributed by atoms with Crippen LogP contribution in [-0.2, 0) is 12.8 Å². The Morgan fingerprint density at radius 1 is 1.31 bits per heavy atom. The molecule has 4 aromatic heterocycles. The number of nitrogens with zero attached hydrogens (tertiary/aromatic N) is 3. The summed E-state index contributed by atoms with van der Waals surface area (Å²) in [5.74, 6) is -0.501. The van der Waals surface area contributed by atoms with Crippen LogP contribution in [0.15, 0.2) is 36.8 Å². The Morgan fingerprint density at radius 3 is 3.00 bits per heavy atom. The minimum atomic E-state index is -0.487. The normalized spacial score (nSPS) is 11.2. The molecule has 8 heteroatoms. The molecule has 5 nitrogen and oxygen atoms in total. The van der Waals surface area contributed by atoms with Crippen LogP contribution in [0.1, 0.15) is 21.0 Å². The second kappa shape index (κ2) is 7.01. The van der Waals surface area contributed by atoms with E-state index in [9.17, 15) is 4.39 Å². The molecule has 0 amide bonds. The van der Waals surface area contributed by atoms with Crippen molar-refractivity contribution < 1.29 is 9.13 Å². The molecule has 0 unspecified atom stereocenters. The lowest BCUT2D eigenvalue weighted by Crippen LogP contribution is -1.95. The number of pyridine rings is 2. The van der Waals surface area contributed by atoms with Gasteiger partial charge in [0, 0.05) is 41.7 Å². The van der Waals surface area contributed by atoms with Gasteiger partial charge in [0.1, 0.15) is 10.8 Å². The molecule has 4 heterocycles. The molecule has 1 N–H and O–H groups in total. The van der Waals surface area contributed by atoms with Crippen molar-refractivity contribution in [2.75, 3.05) is 7.11 Å². The highest BCUT2D eigenvalue weighted by Gasteiger charge is 2.14. The summed E-state index contributed by atoms with van der Waals surface area (Å²) < 4.78 is 18.6. The molecule has 132 valence electrons. The molecule has 0 saturated heterocycles. The number of ether oxygens (including phenoxy) is 1. The van der Waals surface area contributed by atoms with Gasteiger partial charge in [-0.1, -0.05) is 11.6 Å². The van der Waals surface area contributed by atoms with Gasteiger partial charge in [-0.2, -0.15) is 0 Å². The molecule has 0 spiro atoms. The van der Waals surface area contributed by atoms with Crippen LogP contribution in [0.4, 0.5) is 4.39 Å². The maximum atomic E-state index is 13.8. The number of nitrogens with one attached hydrogen (secondary N) is 1. The van der Waals surface area contributed by atoms with Gasteiger partial charge in [-0.15, -0.1) is 11.3 Å². The molecular weight excluding hydrogens is 375 g/mol. The molecule has 0 radical (unpaired) electrons. The maximum Gasteiger partial charge on any atom is 0.250 e. The first-order chi connectivity index (χ1) is 12.6. The molecule has 0 bridgehead atoms. The minimum Gasteiger partial charge on any atom is -0.479 e. The van der Waals surface area contributed by atoms with Gasteiger partial charge in [-0.25, -0.2) is 19.3 Å². The van der Waals surface area contributed by atoms with E-state index in [1.807, 2.05) is 18.3 Å². The Balaban J connectivity index is 1.56. The first-order valence-electron chi connectivity index (χ1n) is 7.87. The Bertz CT molecular complexity index is 1080. The number of methoxy groups -OCH3 is 1. The average Bonchev–Trinajstić information content (AvgIpc) is 3.19. The molecule has 4 aromatic rings. The average molecular weight is 389 g/mol. The summed E-state index contributed by atoms with van der Waals surface area (Å²) >= 11 is 7.84. The van der Waals surface area contributed by atoms with Crippen molar-refractivity contribution in [3.63, 3.8) is 0 Å². The zero-order valence-corrected chi connectivity index (χ0v) is 15.4. The third-order valence-corrected chi connectivity index (χ3v) is 5.47. The predicted octanol–water partition coefficient (Wildman–Crippen LogP) is 4.40. The van der Waals surface area contributed by atoms with Crippen LogP contribution >= 0.6 is 22.9 Å². The van der Waals surface area contributed by atoms with E-state index in [-0.39, 0.29) is 5.88 Å². The van der Waals surface area contributed by atoms with Crippen LogP contribution in [0, 0.1) is 5.82 Å². The number of fused-ring (bicyclic) bond motifs is 1. The number of aromatic amines is 1. The molecule has 4 rings (SSSR count). The molecule has 0 aliphatic heterocycles. The van der Waals surface area contributed by atoms with Crippen molar-refractivity contribution in [1.29, 1.82) is 0 Å². The number of halogens is 2. The standard InChI is InChI=1S/C18H14ClFN4OS/c1-25-18-13(20)5-10(8-23-18)6-15-24-16(19)14(26-15)7-11-9-22-17-12(11)3-2-4-21-17/h2-5,8-9H,6-7H2,1H3,(H,21,22). The van der Waals surface area contributed by atoms with Crippen molar-refractivity contribution in [2.45, 2.75) is 12.8 Å². The summed E-state index contributed by atoms with van der Waals surface area (Å²) in [6.07, 6.45) is 6.41. The Hall–Kier alpha value is -2.51. The van der Waals surface area contributed by atoms with E-state index in [2.05, 4.69) is 19.9 Å². The summed E-state index contributed by atoms with van der Waals surface area (Å²) in [5, 5.41) is 2.36. The van der Waals surface area contributed by atoms with E-state index in [1.54, 1.807) is 12.4 Å². The molecule has 0 saturated carbocycles. The topological polar surface area (TPSA) is 63.7 Å². The second-order valence-electron chi connectivity index (χ2n) is 5.72. The van der Waals surface area contributed by atoms with Crippen molar-refractivity contribution in [3.8, 4) is 5.88 Å². The number of hydrogen-bond donors (Lipinski definition) is 1. The lowest BCUT2D eigenvalue weighted by molar-refractivity contribution is 0.368. The summed E-state index contributed by atoms with van der Waals surface area (Å²) in [6, 6.07) is 5.34.